The fourth-order valence-electron chi connectivity index (χ4n) is 2.70. The summed E-state index contributed by atoms with van der Waals surface area (Å²) in [5, 5.41) is 2.94. The van der Waals surface area contributed by atoms with Crippen LogP contribution in [0, 0.1) is 5.82 Å². The van der Waals surface area contributed by atoms with Gasteiger partial charge in [-0.25, -0.2) is 17.8 Å². The Morgan fingerprint density at radius 1 is 1.43 bits per heavy atom. The number of aromatic nitrogens is 2. The van der Waals surface area contributed by atoms with E-state index in [0.717, 1.165) is 0 Å². The molecule has 23 heavy (non-hydrogen) atoms. The van der Waals surface area contributed by atoms with Gasteiger partial charge in [-0.1, -0.05) is 17.7 Å². The Kier molecular flexibility index (Phi) is 4.41. The molecule has 0 aliphatic carbocycles. The average molecular weight is 359 g/mol. The lowest BCUT2D eigenvalue weighted by molar-refractivity contribution is 0.257. The highest BCUT2D eigenvalue weighted by molar-refractivity contribution is 7.89. The van der Waals surface area contributed by atoms with Crippen molar-refractivity contribution in [2.24, 2.45) is 7.05 Å². The van der Waals surface area contributed by atoms with Crippen molar-refractivity contribution in [3.05, 3.63) is 47.3 Å². The van der Waals surface area contributed by atoms with E-state index in [2.05, 4.69) is 10.3 Å². The van der Waals surface area contributed by atoms with Crippen LogP contribution in [0.15, 0.2) is 35.5 Å². The molecule has 1 fully saturated rings. The number of aryl methyl sites for hydroxylation is 1. The largest absolute Gasteiger partial charge is 0.337 e. The van der Waals surface area contributed by atoms with Crippen LogP contribution in [-0.2, 0) is 17.1 Å². The topological polar surface area (TPSA) is 67.2 Å². The predicted octanol–water partition coefficient (Wildman–Crippen LogP) is 1.55. The molecule has 6 nitrogen and oxygen atoms in total. The molecule has 0 amide bonds. The smallest absolute Gasteiger partial charge is 0.246 e. The van der Waals surface area contributed by atoms with Crippen molar-refractivity contribution in [1.29, 1.82) is 0 Å². The molecule has 1 aromatic heterocycles. The molecule has 0 bridgehead atoms. The number of hydrogen-bond donors (Lipinski definition) is 1. The Morgan fingerprint density at radius 2 is 2.22 bits per heavy atom. The predicted molar refractivity (Wildman–Crippen MR) is 84.1 cm³/mol. The Balaban J connectivity index is 2.06. The third kappa shape index (κ3) is 2.87. The standard InChI is InChI=1S/C14H16ClFN4O2S/c1-19-7-6-18-14(19)11-9-17-5-8-20(11)23(21,22)12-4-2-3-10(15)13(12)16/h2-4,6-7,11,17H,5,8-9H2,1H3. The summed E-state index contributed by atoms with van der Waals surface area (Å²) >= 11 is 5.73. The molecule has 1 aromatic carbocycles. The van der Waals surface area contributed by atoms with E-state index in [0.29, 0.717) is 18.9 Å². The van der Waals surface area contributed by atoms with Crippen LogP contribution in [0.1, 0.15) is 11.9 Å². The Labute approximate surface area is 138 Å². The molecule has 124 valence electrons. The van der Waals surface area contributed by atoms with E-state index in [1.165, 1.54) is 22.5 Å². The van der Waals surface area contributed by atoms with Gasteiger partial charge in [0, 0.05) is 39.1 Å². The maximum atomic E-state index is 14.2. The average Bonchev–Trinajstić information content (AvgIpc) is 2.96. The second-order valence-corrected chi connectivity index (χ2v) is 7.55. The van der Waals surface area contributed by atoms with E-state index < -0.39 is 26.8 Å². The van der Waals surface area contributed by atoms with Gasteiger partial charge < -0.3 is 9.88 Å². The number of nitrogens with zero attached hydrogens (tertiary/aromatic N) is 3. The van der Waals surface area contributed by atoms with Crippen LogP contribution in [0.4, 0.5) is 4.39 Å². The van der Waals surface area contributed by atoms with Gasteiger partial charge >= 0.3 is 0 Å². The summed E-state index contributed by atoms with van der Waals surface area (Å²) in [5.41, 5.74) is 0. The molecule has 0 saturated carbocycles. The lowest BCUT2D eigenvalue weighted by atomic mass is 10.2. The minimum Gasteiger partial charge on any atom is -0.337 e. The van der Waals surface area contributed by atoms with Crippen molar-refractivity contribution in [2.45, 2.75) is 10.9 Å². The van der Waals surface area contributed by atoms with Crippen LogP contribution in [0.2, 0.25) is 5.02 Å². The first-order valence-corrected chi connectivity index (χ1v) is 8.88. The van der Waals surface area contributed by atoms with Gasteiger partial charge in [0.15, 0.2) is 5.82 Å². The molecule has 9 heteroatoms. The van der Waals surface area contributed by atoms with E-state index in [-0.39, 0.29) is 11.6 Å². The number of halogens is 2. The van der Waals surface area contributed by atoms with Crippen molar-refractivity contribution in [1.82, 2.24) is 19.2 Å². The van der Waals surface area contributed by atoms with Crippen LogP contribution >= 0.6 is 11.6 Å². The highest BCUT2D eigenvalue weighted by Gasteiger charge is 2.37. The van der Waals surface area contributed by atoms with Gasteiger partial charge in [-0.3, -0.25) is 0 Å². The van der Waals surface area contributed by atoms with Crippen LogP contribution in [-0.4, -0.2) is 41.9 Å². The van der Waals surface area contributed by atoms with E-state index in [1.807, 2.05) is 0 Å². The maximum Gasteiger partial charge on any atom is 0.246 e. The Hall–Kier alpha value is -1.48. The van der Waals surface area contributed by atoms with Crippen molar-refractivity contribution in [2.75, 3.05) is 19.6 Å². The molecule has 1 unspecified atom stereocenters. The molecule has 0 spiro atoms. The van der Waals surface area contributed by atoms with Gasteiger partial charge in [0.25, 0.3) is 0 Å². The highest BCUT2D eigenvalue weighted by atomic mass is 35.5. The maximum absolute atomic E-state index is 14.2. The fraction of sp³-hybridized carbons (Fsp3) is 0.357. The molecular weight excluding hydrogens is 343 g/mol. The minimum atomic E-state index is -4.03. The van der Waals surface area contributed by atoms with Gasteiger partial charge in [-0.15, -0.1) is 0 Å². The molecule has 1 N–H and O–H groups in total. The van der Waals surface area contributed by atoms with Crippen molar-refractivity contribution in [3.63, 3.8) is 0 Å². The number of nitrogens with one attached hydrogen (secondary N) is 1. The van der Waals surface area contributed by atoms with E-state index in [4.69, 9.17) is 11.6 Å². The van der Waals surface area contributed by atoms with Crippen molar-refractivity contribution < 1.29 is 12.8 Å². The first kappa shape index (κ1) is 16.4. The quantitative estimate of drug-likeness (QED) is 0.904. The summed E-state index contributed by atoms with van der Waals surface area (Å²) in [6.07, 6.45) is 3.35. The van der Waals surface area contributed by atoms with E-state index in [9.17, 15) is 12.8 Å². The third-order valence-electron chi connectivity index (χ3n) is 3.85. The summed E-state index contributed by atoms with van der Waals surface area (Å²) in [5.74, 6) is -0.325. The summed E-state index contributed by atoms with van der Waals surface area (Å²) < 4.78 is 43.1. The molecule has 1 atom stereocenters. The molecule has 0 radical (unpaired) electrons. The first-order valence-electron chi connectivity index (χ1n) is 7.06. The highest BCUT2D eigenvalue weighted by Crippen LogP contribution is 2.30. The zero-order valence-electron chi connectivity index (χ0n) is 12.4. The zero-order valence-corrected chi connectivity index (χ0v) is 14.0. The SMILES string of the molecule is Cn1ccnc1C1CNCCN1S(=O)(=O)c1cccc(Cl)c1F. The van der Waals surface area contributed by atoms with Crippen molar-refractivity contribution in [3.8, 4) is 0 Å². The zero-order chi connectivity index (χ0) is 16.6. The number of benzene rings is 1. The van der Waals surface area contributed by atoms with Gasteiger partial charge in [0.2, 0.25) is 10.0 Å². The number of imidazole rings is 1. The fourth-order valence-corrected chi connectivity index (χ4v) is 4.61. The molecule has 1 saturated heterocycles. The number of sulfonamides is 1. The molecular formula is C14H16ClFN4O2S. The van der Waals surface area contributed by atoms with Crippen LogP contribution in [0.3, 0.4) is 0 Å². The van der Waals surface area contributed by atoms with E-state index >= 15 is 0 Å². The molecule has 1 aliphatic rings. The van der Waals surface area contributed by atoms with Gasteiger partial charge in [0.05, 0.1) is 11.1 Å². The summed E-state index contributed by atoms with van der Waals surface area (Å²) in [7, 11) is -2.23. The van der Waals surface area contributed by atoms with E-state index in [1.54, 1.807) is 24.0 Å². The second-order valence-electron chi connectivity index (χ2n) is 5.28. The Morgan fingerprint density at radius 3 is 2.91 bits per heavy atom. The summed E-state index contributed by atoms with van der Waals surface area (Å²) in [6.45, 7) is 1.13. The van der Waals surface area contributed by atoms with Crippen LogP contribution in [0.25, 0.3) is 0 Å². The van der Waals surface area contributed by atoms with Gasteiger partial charge in [0.1, 0.15) is 10.7 Å². The van der Waals surface area contributed by atoms with Gasteiger partial charge in [-0.2, -0.15) is 4.31 Å². The number of hydrogen-bond acceptors (Lipinski definition) is 4. The second kappa shape index (κ2) is 6.20. The van der Waals surface area contributed by atoms with Crippen molar-refractivity contribution >= 4 is 21.6 Å². The number of rotatable bonds is 3. The molecule has 3 rings (SSSR count). The monoisotopic (exact) mass is 358 g/mol. The normalized spacial score (nSPS) is 19.9. The molecule has 1 aliphatic heterocycles. The molecule has 2 aromatic rings. The van der Waals surface area contributed by atoms with Crippen LogP contribution in [0.5, 0.6) is 0 Å². The lowest BCUT2D eigenvalue weighted by Gasteiger charge is -2.34. The Bertz CT molecular complexity index is 824. The third-order valence-corrected chi connectivity index (χ3v) is 6.07. The van der Waals surface area contributed by atoms with Crippen LogP contribution < -0.4 is 5.32 Å². The summed E-state index contributed by atoms with van der Waals surface area (Å²) in [6, 6.07) is 3.47. The molecule has 2 heterocycles. The minimum absolute atomic E-state index is 0.213. The first-order chi connectivity index (χ1) is 10.9. The summed E-state index contributed by atoms with van der Waals surface area (Å²) in [4.78, 5) is 3.82. The number of piperazine rings is 1. The van der Waals surface area contributed by atoms with Gasteiger partial charge in [-0.05, 0) is 12.1 Å². The lowest BCUT2D eigenvalue weighted by Crippen LogP contribution is -2.49.